The van der Waals surface area contributed by atoms with E-state index >= 15 is 0 Å². The number of amides is 1. The van der Waals surface area contributed by atoms with Crippen LogP contribution in [-0.2, 0) is 11.2 Å². The number of halogens is 3. The number of rotatable bonds is 6. The fourth-order valence-corrected chi connectivity index (χ4v) is 4.80. The van der Waals surface area contributed by atoms with Crippen molar-refractivity contribution in [1.82, 2.24) is 14.7 Å². The van der Waals surface area contributed by atoms with Gasteiger partial charge in [0.1, 0.15) is 11.5 Å². The molecule has 1 aromatic carbocycles. The van der Waals surface area contributed by atoms with Gasteiger partial charge in [-0.2, -0.15) is 0 Å². The second-order valence-electron chi connectivity index (χ2n) is 6.61. The second kappa shape index (κ2) is 8.90. The first-order chi connectivity index (χ1) is 15.2. The molecule has 0 saturated carbocycles. The van der Waals surface area contributed by atoms with E-state index in [4.69, 9.17) is 4.52 Å². The third kappa shape index (κ3) is 5.10. The molecule has 0 atom stereocenters. The molecule has 0 fully saturated rings. The number of benzene rings is 1. The number of hydrogen-bond acceptors (Lipinski definition) is 8. The molecule has 3 heterocycles. The van der Waals surface area contributed by atoms with E-state index in [-0.39, 0.29) is 28.2 Å². The predicted molar refractivity (Wildman–Crippen MR) is 112 cm³/mol. The van der Waals surface area contributed by atoms with Crippen LogP contribution in [0.15, 0.2) is 49.7 Å². The van der Waals surface area contributed by atoms with E-state index in [0.717, 1.165) is 23.9 Å². The minimum Gasteiger partial charge on any atom is -0.406 e. The number of aryl methyl sites for hydroxylation is 2. The highest BCUT2D eigenvalue weighted by Gasteiger charge is 2.31. The molecule has 0 radical (unpaired) electrons. The van der Waals surface area contributed by atoms with Crippen molar-refractivity contribution in [2.75, 3.05) is 16.8 Å². The number of carbonyl (C=O) groups is 1. The van der Waals surface area contributed by atoms with Crippen LogP contribution in [0, 0.1) is 6.92 Å². The molecule has 0 saturated heterocycles. The Bertz CT molecular complexity index is 1210. The number of fused-ring (bicyclic) bond motifs is 1. The second-order valence-corrected chi connectivity index (χ2v) is 8.66. The number of anilines is 1. The first-order valence-electron chi connectivity index (χ1n) is 9.20. The predicted octanol–water partition coefficient (Wildman–Crippen LogP) is 3.81. The summed E-state index contributed by atoms with van der Waals surface area (Å²) in [6.45, 7) is 1.69. The molecule has 1 aliphatic heterocycles. The lowest BCUT2D eigenvalue weighted by molar-refractivity contribution is -0.274. The summed E-state index contributed by atoms with van der Waals surface area (Å²) in [5, 5.41) is 6.53. The van der Waals surface area contributed by atoms with Gasteiger partial charge in [0.05, 0.1) is 22.0 Å². The number of nitrogens with zero attached hydrogens (tertiary/aromatic N) is 3. The van der Waals surface area contributed by atoms with Crippen LogP contribution < -0.4 is 15.6 Å². The Hall–Kier alpha value is -2.93. The van der Waals surface area contributed by atoms with Gasteiger partial charge < -0.3 is 14.6 Å². The quantitative estimate of drug-likeness (QED) is 0.417. The lowest BCUT2D eigenvalue weighted by Gasteiger charge is -2.14. The number of aromatic nitrogens is 3. The zero-order chi connectivity index (χ0) is 22.9. The van der Waals surface area contributed by atoms with Crippen LogP contribution in [0.5, 0.6) is 5.75 Å². The standard InChI is InChI=1S/C19H15F3N4O4S2/c1-10-8-14(25-30-10)24-15(27)9-32-18-23-13-6-7-31-16(13)17(28)26(18)11-2-4-12(5-3-11)29-19(20,21)22/h2-5,8H,6-7,9H2,1H3,(H,24,25,27). The maximum atomic E-state index is 13.1. The van der Waals surface area contributed by atoms with Crippen molar-refractivity contribution >= 4 is 35.2 Å². The number of ether oxygens (including phenoxy) is 1. The molecule has 13 heteroatoms. The lowest BCUT2D eigenvalue weighted by Crippen LogP contribution is -2.25. The molecule has 1 amide bonds. The summed E-state index contributed by atoms with van der Waals surface area (Å²) >= 11 is 2.41. The van der Waals surface area contributed by atoms with Gasteiger partial charge in [-0.1, -0.05) is 16.9 Å². The van der Waals surface area contributed by atoms with Crippen molar-refractivity contribution in [3.63, 3.8) is 0 Å². The Kier molecular flexibility index (Phi) is 6.20. The van der Waals surface area contributed by atoms with Gasteiger partial charge in [0.15, 0.2) is 11.0 Å². The Morgan fingerprint density at radius 3 is 2.75 bits per heavy atom. The van der Waals surface area contributed by atoms with Crippen LogP contribution in [0.25, 0.3) is 5.69 Å². The van der Waals surface area contributed by atoms with Crippen molar-refractivity contribution in [3.8, 4) is 11.4 Å². The van der Waals surface area contributed by atoms with Gasteiger partial charge in [0, 0.05) is 18.2 Å². The van der Waals surface area contributed by atoms with Crippen LogP contribution in [0.1, 0.15) is 11.5 Å². The first-order valence-corrected chi connectivity index (χ1v) is 11.2. The molecule has 0 aliphatic carbocycles. The minimum absolute atomic E-state index is 0.0699. The van der Waals surface area contributed by atoms with Gasteiger partial charge in [0.2, 0.25) is 5.91 Å². The van der Waals surface area contributed by atoms with Gasteiger partial charge in [-0.05, 0) is 31.2 Å². The van der Waals surface area contributed by atoms with Crippen molar-refractivity contribution in [3.05, 3.63) is 52.1 Å². The topological polar surface area (TPSA) is 99.2 Å². The Labute approximate surface area is 187 Å². The van der Waals surface area contributed by atoms with Crippen LogP contribution in [-0.4, -0.2) is 38.5 Å². The van der Waals surface area contributed by atoms with E-state index < -0.39 is 12.1 Å². The minimum atomic E-state index is -4.82. The molecule has 0 unspecified atom stereocenters. The number of alkyl halides is 3. The molecule has 2 aromatic heterocycles. The van der Waals surface area contributed by atoms with Crippen molar-refractivity contribution in [2.24, 2.45) is 0 Å². The number of thioether (sulfide) groups is 2. The largest absolute Gasteiger partial charge is 0.573 e. The number of hydrogen-bond donors (Lipinski definition) is 1. The summed E-state index contributed by atoms with van der Waals surface area (Å²) in [5.41, 5.74) is 0.614. The molecule has 0 spiro atoms. The van der Waals surface area contributed by atoms with Gasteiger partial charge in [-0.15, -0.1) is 24.9 Å². The summed E-state index contributed by atoms with van der Waals surface area (Å²) in [6, 6.07) is 6.46. The van der Waals surface area contributed by atoms with Crippen LogP contribution in [0.3, 0.4) is 0 Å². The Morgan fingerprint density at radius 2 is 2.09 bits per heavy atom. The van der Waals surface area contributed by atoms with E-state index in [1.165, 1.54) is 28.5 Å². The van der Waals surface area contributed by atoms with Crippen LogP contribution in [0.4, 0.5) is 19.0 Å². The zero-order valence-electron chi connectivity index (χ0n) is 16.4. The average Bonchev–Trinajstić information content (AvgIpc) is 3.35. The fraction of sp³-hybridized carbons (Fsp3) is 0.263. The molecule has 4 rings (SSSR count). The lowest BCUT2D eigenvalue weighted by atomic mass is 10.3. The third-order valence-electron chi connectivity index (χ3n) is 4.22. The molecular weight excluding hydrogens is 469 g/mol. The van der Waals surface area contributed by atoms with E-state index in [1.807, 2.05) is 0 Å². The van der Waals surface area contributed by atoms with Gasteiger partial charge in [0.25, 0.3) is 5.56 Å². The maximum absolute atomic E-state index is 13.1. The van der Waals surface area contributed by atoms with E-state index in [9.17, 15) is 22.8 Å². The van der Waals surface area contributed by atoms with Crippen LogP contribution >= 0.6 is 23.5 Å². The van der Waals surface area contributed by atoms with Crippen molar-refractivity contribution in [1.29, 1.82) is 0 Å². The highest BCUT2D eigenvalue weighted by atomic mass is 32.2. The normalized spacial score (nSPS) is 13.1. The van der Waals surface area contributed by atoms with Gasteiger partial charge >= 0.3 is 6.36 Å². The molecule has 0 bridgehead atoms. The number of carbonyl (C=O) groups excluding carboxylic acids is 1. The van der Waals surface area contributed by atoms with Crippen molar-refractivity contribution in [2.45, 2.75) is 29.8 Å². The summed E-state index contributed by atoms with van der Waals surface area (Å²) in [5.74, 6) is 0.652. The van der Waals surface area contributed by atoms with Crippen molar-refractivity contribution < 1.29 is 27.2 Å². The van der Waals surface area contributed by atoms with E-state index in [2.05, 4.69) is 20.2 Å². The van der Waals surface area contributed by atoms with E-state index in [1.54, 1.807) is 13.0 Å². The third-order valence-corrected chi connectivity index (χ3v) is 6.27. The average molecular weight is 484 g/mol. The highest BCUT2D eigenvalue weighted by Crippen LogP contribution is 2.31. The van der Waals surface area contributed by atoms with Crippen LogP contribution in [0.2, 0.25) is 0 Å². The monoisotopic (exact) mass is 484 g/mol. The summed E-state index contributed by atoms with van der Waals surface area (Å²) in [7, 11) is 0. The highest BCUT2D eigenvalue weighted by molar-refractivity contribution is 8.00. The fourth-order valence-electron chi connectivity index (χ4n) is 2.95. The smallest absolute Gasteiger partial charge is 0.406 e. The molecule has 8 nitrogen and oxygen atoms in total. The molecule has 1 aliphatic rings. The first kappa shape index (κ1) is 22.3. The maximum Gasteiger partial charge on any atom is 0.573 e. The zero-order valence-corrected chi connectivity index (χ0v) is 18.1. The summed E-state index contributed by atoms with van der Waals surface area (Å²) in [6.07, 6.45) is -4.20. The Morgan fingerprint density at radius 1 is 1.34 bits per heavy atom. The Balaban J connectivity index is 1.60. The summed E-state index contributed by atoms with van der Waals surface area (Å²) < 4.78 is 47.4. The van der Waals surface area contributed by atoms with E-state index in [0.29, 0.717) is 34.2 Å². The van der Waals surface area contributed by atoms with Gasteiger partial charge in [-0.3, -0.25) is 14.2 Å². The number of nitrogens with one attached hydrogen (secondary N) is 1. The SMILES string of the molecule is Cc1cc(NC(=O)CSc2nc3c(c(=O)n2-c2ccc(OC(F)(F)F)cc2)SCC3)no1. The van der Waals surface area contributed by atoms with Gasteiger partial charge in [-0.25, -0.2) is 4.98 Å². The molecule has 32 heavy (non-hydrogen) atoms. The molecular formula is C19H15F3N4O4S2. The molecule has 1 N–H and O–H groups in total. The molecule has 3 aromatic rings. The molecule has 168 valence electrons. The summed E-state index contributed by atoms with van der Waals surface area (Å²) in [4.78, 5) is 30.4.